The Morgan fingerprint density at radius 2 is 2.08 bits per heavy atom. The lowest BCUT2D eigenvalue weighted by atomic mass is 10.2. The second-order valence-electron chi connectivity index (χ2n) is 2.28. The smallest absolute Gasteiger partial charge is 0.267 e. The van der Waals surface area contributed by atoms with Gasteiger partial charge in [-0.1, -0.05) is 6.08 Å². The van der Waals surface area contributed by atoms with Gasteiger partial charge in [0, 0.05) is 19.0 Å². The van der Waals surface area contributed by atoms with E-state index in [1.807, 2.05) is 0 Å². The number of nitrogens with zero attached hydrogens (tertiary/aromatic N) is 2. The minimum Gasteiger partial charge on any atom is -0.327 e. The minimum absolute atomic E-state index is 0.301. The molecule has 0 aromatic heterocycles. The molecule has 1 heterocycles. The summed E-state index contributed by atoms with van der Waals surface area (Å²) in [5, 5.41) is 0. The van der Waals surface area contributed by atoms with E-state index in [9.17, 15) is 4.79 Å². The third-order valence-electron chi connectivity index (χ3n) is 1.38. The molecule has 64 valence electrons. The van der Waals surface area contributed by atoms with Crippen molar-refractivity contribution in [3.05, 3.63) is 12.2 Å². The third-order valence-corrected chi connectivity index (χ3v) is 1.38. The highest BCUT2D eigenvalue weighted by molar-refractivity contribution is 6.20. The standard InChI is InChI=1S/C7H10N4O/c8-3-1-2-6(12)7(9)10-4-5-11-7/h1-2,4-5H,3,8-9H2. The first-order chi connectivity index (χ1) is 5.69. The Morgan fingerprint density at radius 3 is 2.58 bits per heavy atom. The molecule has 4 N–H and O–H groups in total. The highest BCUT2D eigenvalue weighted by atomic mass is 16.1. The van der Waals surface area contributed by atoms with Crippen LogP contribution in [0.1, 0.15) is 0 Å². The molecule has 1 aliphatic rings. The fourth-order valence-corrected chi connectivity index (χ4v) is 0.752. The van der Waals surface area contributed by atoms with Crippen LogP contribution in [0, 0.1) is 0 Å². The summed E-state index contributed by atoms with van der Waals surface area (Å²) in [5.74, 6) is -1.80. The summed E-state index contributed by atoms with van der Waals surface area (Å²) in [4.78, 5) is 18.6. The van der Waals surface area contributed by atoms with Gasteiger partial charge in [0.15, 0.2) is 0 Å². The van der Waals surface area contributed by atoms with E-state index in [2.05, 4.69) is 9.98 Å². The Kier molecular flexibility index (Phi) is 2.47. The Balaban J connectivity index is 2.70. The van der Waals surface area contributed by atoms with Crippen LogP contribution in [0.5, 0.6) is 0 Å². The molecule has 5 heteroatoms. The number of hydrogen-bond acceptors (Lipinski definition) is 5. The second-order valence-corrected chi connectivity index (χ2v) is 2.28. The summed E-state index contributed by atoms with van der Waals surface area (Å²) >= 11 is 0. The van der Waals surface area contributed by atoms with Gasteiger partial charge in [0.05, 0.1) is 0 Å². The average molecular weight is 166 g/mol. The molecule has 0 amide bonds. The van der Waals surface area contributed by atoms with Crippen LogP contribution in [0.3, 0.4) is 0 Å². The lowest BCUT2D eigenvalue weighted by Gasteiger charge is -2.11. The van der Waals surface area contributed by atoms with Crippen molar-refractivity contribution in [2.75, 3.05) is 6.54 Å². The van der Waals surface area contributed by atoms with Crippen molar-refractivity contribution in [2.24, 2.45) is 21.5 Å². The summed E-state index contributed by atoms with van der Waals surface area (Å²) in [6.45, 7) is 0.301. The van der Waals surface area contributed by atoms with Crippen LogP contribution >= 0.6 is 0 Å². The number of nitrogens with two attached hydrogens (primary N) is 2. The molecule has 1 aliphatic heterocycles. The van der Waals surface area contributed by atoms with Crippen LogP contribution < -0.4 is 11.5 Å². The van der Waals surface area contributed by atoms with Crippen LogP contribution in [0.2, 0.25) is 0 Å². The van der Waals surface area contributed by atoms with Gasteiger partial charge in [0.1, 0.15) is 0 Å². The average Bonchev–Trinajstić information content (AvgIpc) is 2.49. The number of hydrogen-bond donors (Lipinski definition) is 2. The minimum atomic E-state index is -1.44. The van der Waals surface area contributed by atoms with Gasteiger partial charge in [-0.05, 0) is 6.08 Å². The van der Waals surface area contributed by atoms with Crippen LogP contribution in [0.4, 0.5) is 0 Å². The maximum absolute atomic E-state index is 11.2. The Bertz CT molecular complexity index is 255. The molecule has 12 heavy (non-hydrogen) atoms. The Labute approximate surface area is 69.9 Å². The lowest BCUT2D eigenvalue weighted by molar-refractivity contribution is -0.118. The normalized spacial score (nSPS) is 19.2. The number of aliphatic imine (C=N–C) groups is 2. The summed E-state index contributed by atoms with van der Waals surface area (Å²) in [5.41, 5.74) is 10.7. The molecule has 0 unspecified atom stereocenters. The van der Waals surface area contributed by atoms with Gasteiger partial charge in [-0.3, -0.25) is 10.5 Å². The quantitative estimate of drug-likeness (QED) is 0.518. The maximum atomic E-state index is 11.2. The predicted molar refractivity (Wildman–Crippen MR) is 47.1 cm³/mol. The van der Waals surface area contributed by atoms with Crippen molar-refractivity contribution in [2.45, 2.75) is 5.79 Å². The Hall–Kier alpha value is -1.33. The highest BCUT2D eigenvalue weighted by Gasteiger charge is 2.31. The highest BCUT2D eigenvalue weighted by Crippen LogP contribution is 2.09. The largest absolute Gasteiger partial charge is 0.327 e. The summed E-state index contributed by atoms with van der Waals surface area (Å²) in [6, 6.07) is 0. The van der Waals surface area contributed by atoms with Crippen molar-refractivity contribution < 1.29 is 4.79 Å². The van der Waals surface area contributed by atoms with Gasteiger partial charge in [0.25, 0.3) is 5.79 Å². The van der Waals surface area contributed by atoms with Crippen molar-refractivity contribution in [3.63, 3.8) is 0 Å². The molecule has 1 rings (SSSR count). The molecule has 0 atom stereocenters. The van der Waals surface area contributed by atoms with Crippen molar-refractivity contribution in [1.82, 2.24) is 0 Å². The van der Waals surface area contributed by atoms with E-state index in [-0.39, 0.29) is 5.78 Å². The molecule has 0 aliphatic carbocycles. The van der Waals surface area contributed by atoms with E-state index >= 15 is 0 Å². The van der Waals surface area contributed by atoms with Gasteiger partial charge in [-0.15, -0.1) is 0 Å². The predicted octanol–water partition coefficient (Wildman–Crippen LogP) is -1.16. The maximum Gasteiger partial charge on any atom is 0.267 e. The first-order valence-corrected chi connectivity index (χ1v) is 3.48. The second kappa shape index (κ2) is 3.38. The van der Waals surface area contributed by atoms with E-state index in [1.54, 1.807) is 0 Å². The van der Waals surface area contributed by atoms with Crippen LogP contribution in [0.25, 0.3) is 0 Å². The van der Waals surface area contributed by atoms with Crippen LogP contribution in [-0.2, 0) is 4.79 Å². The summed E-state index contributed by atoms with van der Waals surface area (Å²) in [6.07, 6.45) is 5.60. The number of rotatable bonds is 3. The molecule has 0 bridgehead atoms. The number of carbonyl (C=O) groups is 1. The van der Waals surface area contributed by atoms with Crippen LogP contribution in [-0.4, -0.2) is 30.5 Å². The zero-order valence-electron chi connectivity index (χ0n) is 6.47. The van der Waals surface area contributed by atoms with E-state index < -0.39 is 5.79 Å². The van der Waals surface area contributed by atoms with Gasteiger partial charge >= 0.3 is 0 Å². The molecule has 0 spiro atoms. The summed E-state index contributed by atoms with van der Waals surface area (Å²) in [7, 11) is 0. The van der Waals surface area contributed by atoms with Gasteiger partial charge in [-0.25, -0.2) is 9.98 Å². The van der Waals surface area contributed by atoms with Gasteiger partial charge in [0.2, 0.25) is 5.78 Å². The fraction of sp³-hybridized carbons (Fsp3) is 0.286. The van der Waals surface area contributed by atoms with Gasteiger partial charge in [-0.2, -0.15) is 0 Å². The monoisotopic (exact) mass is 166 g/mol. The topological polar surface area (TPSA) is 93.8 Å². The van der Waals surface area contributed by atoms with Crippen molar-refractivity contribution in [1.29, 1.82) is 0 Å². The van der Waals surface area contributed by atoms with E-state index in [1.165, 1.54) is 24.6 Å². The lowest BCUT2D eigenvalue weighted by Crippen LogP contribution is -2.41. The molecule has 0 saturated carbocycles. The molecule has 0 saturated heterocycles. The van der Waals surface area contributed by atoms with Crippen molar-refractivity contribution in [3.8, 4) is 0 Å². The molecule has 0 fully saturated rings. The summed E-state index contributed by atoms with van der Waals surface area (Å²) < 4.78 is 0. The molecule has 0 radical (unpaired) electrons. The molecular formula is C7H10N4O. The van der Waals surface area contributed by atoms with E-state index in [4.69, 9.17) is 11.5 Å². The fourth-order valence-electron chi connectivity index (χ4n) is 0.752. The molecule has 0 aromatic carbocycles. The zero-order valence-corrected chi connectivity index (χ0v) is 6.47. The molecule has 0 aromatic rings. The number of ketones is 1. The van der Waals surface area contributed by atoms with E-state index in [0.717, 1.165) is 0 Å². The number of carbonyl (C=O) groups excluding carboxylic acids is 1. The molecular weight excluding hydrogens is 156 g/mol. The van der Waals surface area contributed by atoms with Crippen molar-refractivity contribution >= 4 is 18.2 Å². The first-order valence-electron chi connectivity index (χ1n) is 3.48. The van der Waals surface area contributed by atoms with Gasteiger partial charge < -0.3 is 5.73 Å². The molecule has 5 nitrogen and oxygen atoms in total. The SMILES string of the molecule is NCC=CC(=O)C1(N)N=CC=N1. The third kappa shape index (κ3) is 1.63. The zero-order chi connectivity index (χ0) is 9.03. The first kappa shape index (κ1) is 8.76. The van der Waals surface area contributed by atoms with E-state index in [0.29, 0.717) is 6.54 Å². The Morgan fingerprint density at radius 1 is 1.50 bits per heavy atom. The van der Waals surface area contributed by atoms with Crippen LogP contribution in [0.15, 0.2) is 22.1 Å².